The molecule has 2 bridgehead atoms. The molecule has 6 nitrogen and oxygen atoms in total. The highest BCUT2D eigenvalue weighted by Crippen LogP contribution is 2.44. The van der Waals surface area contributed by atoms with Crippen LogP contribution in [0.4, 0.5) is 5.69 Å². The van der Waals surface area contributed by atoms with Gasteiger partial charge >= 0.3 is 0 Å². The summed E-state index contributed by atoms with van der Waals surface area (Å²) >= 11 is 0. The molecule has 2 saturated carbocycles. The lowest BCUT2D eigenvalue weighted by atomic mass is 9.95. The van der Waals surface area contributed by atoms with Gasteiger partial charge in [0.05, 0.1) is 29.8 Å². The molecule has 0 aromatic heterocycles. The second-order valence-electron chi connectivity index (χ2n) is 9.44. The van der Waals surface area contributed by atoms with Crippen LogP contribution in [0.1, 0.15) is 41.6 Å². The number of nitrogens with one attached hydrogen (secondary N) is 1. The second kappa shape index (κ2) is 9.74. The maximum absolute atomic E-state index is 13.9. The largest absolute Gasteiger partial charge is 0.497 e. The van der Waals surface area contributed by atoms with Gasteiger partial charge in [-0.1, -0.05) is 48.9 Å². The first-order valence-corrected chi connectivity index (χ1v) is 13.5. The first-order chi connectivity index (χ1) is 17.0. The minimum absolute atomic E-state index is 0.105. The van der Waals surface area contributed by atoms with Crippen molar-refractivity contribution in [2.45, 2.75) is 43.2 Å². The predicted octanol–water partition coefficient (Wildman–Crippen LogP) is 5.01. The van der Waals surface area contributed by atoms with Crippen molar-refractivity contribution in [3.05, 3.63) is 90.0 Å². The highest BCUT2D eigenvalue weighted by atomic mass is 32.2. The normalized spacial score (nSPS) is 21.0. The van der Waals surface area contributed by atoms with E-state index >= 15 is 0 Å². The highest BCUT2D eigenvalue weighted by molar-refractivity contribution is 7.92. The van der Waals surface area contributed by atoms with Crippen molar-refractivity contribution in [1.29, 1.82) is 0 Å². The number of nitrogens with zero attached hydrogens (tertiary/aromatic N) is 1. The van der Waals surface area contributed by atoms with Crippen LogP contribution in [0.3, 0.4) is 0 Å². The summed E-state index contributed by atoms with van der Waals surface area (Å²) in [6.45, 7) is 0.105. The minimum atomic E-state index is -3.97. The molecule has 2 fully saturated rings. The molecule has 0 heterocycles. The van der Waals surface area contributed by atoms with E-state index in [-0.39, 0.29) is 23.4 Å². The molecule has 1 amide bonds. The Balaban J connectivity index is 1.52. The standard InChI is InChI=1S/C28H30N2O4S/c1-34-23-13-15-24(16-14-23)35(32,33)30(19-20-7-3-2-4-8-20)27-10-6-5-9-25(27)28(31)29-26-18-21-11-12-22(26)17-21/h2-10,13-16,21-22,26H,11-12,17-19H2,1H3,(H,29,31)/t21-,22+,26+/m1/s1. The molecule has 0 unspecified atom stereocenters. The summed E-state index contributed by atoms with van der Waals surface area (Å²) in [5.41, 5.74) is 1.56. The molecule has 3 aromatic rings. The highest BCUT2D eigenvalue weighted by Gasteiger charge is 2.40. The van der Waals surface area contributed by atoms with E-state index < -0.39 is 10.0 Å². The Labute approximate surface area is 207 Å². The molecular formula is C28H30N2O4S. The Hall–Kier alpha value is -3.32. The van der Waals surface area contributed by atoms with Gasteiger partial charge in [0.25, 0.3) is 15.9 Å². The average molecular weight is 491 g/mol. The number of benzene rings is 3. The fourth-order valence-corrected chi connectivity index (χ4v) is 6.95. The van der Waals surface area contributed by atoms with Gasteiger partial charge in [-0.25, -0.2) is 8.42 Å². The van der Waals surface area contributed by atoms with Crippen molar-refractivity contribution >= 4 is 21.6 Å². The Morgan fingerprint density at radius 1 is 0.943 bits per heavy atom. The number of amides is 1. The topological polar surface area (TPSA) is 75.7 Å². The van der Waals surface area contributed by atoms with E-state index in [2.05, 4.69) is 5.32 Å². The zero-order chi connectivity index (χ0) is 24.4. The number of para-hydroxylation sites is 1. The number of anilines is 1. The summed E-state index contributed by atoms with van der Waals surface area (Å²) in [5, 5.41) is 3.22. The maximum Gasteiger partial charge on any atom is 0.264 e. The Kier molecular flexibility index (Phi) is 6.52. The number of ether oxygens (including phenoxy) is 1. The molecule has 3 aromatic carbocycles. The van der Waals surface area contributed by atoms with Gasteiger partial charge in [-0.2, -0.15) is 0 Å². The maximum atomic E-state index is 13.9. The molecule has 3 atom stereocenters. The van der Waals surface area contributed by atoms with Gasteiger partial charge < -0.3 is 10.1 Å². The van der Waals surface area contributed by atoms with E-state index in [0.29, 0.717) is 28.8 Å². The lowest BCUT2D eigenvalue weighted by molar-refractivity contribution is 0.0923. The van der Waals surface area contributed by atoms with Crippen LogP contribution in [0.2, 0.25) is 0 Å². The van der Waals surface area contributed by atoms with Crippen molar-refractivity contribution in [3.63, 3.8) is 0 Å². The molecule has 5 rings (SSSR count). The molecule has 182 valence electrons. The fourth-order valence-electron chi connectivity index (χ4n) is 5.47. The molecule has 0 radical (unpaired) electrons. The van der Waals surface area contributed by atoms with Crippen molar-refractivity contribution in [2.24, 2.45) is 11.8 Å². The molecule has 1 N–H and O–H groups in total. The lowest BCUT2D eigenvalue weighted by Gasteiger charge is -2.28. The lowest BCUT2D eigenvalue weighted by Crippen LogP contribution is -2.40. The van der Waals surface area contributed by atoms with Crippen LogP contribution in [0.25, 0.3) is 0 Å². The van der Waals surface area contributed by atoms with Gasteiger partial charge in [0, 0.05) is 6.04 Å². The van der Waals surface area contributed by atoms with E-state index in [9.17, 15) is 13.2 Å². The Morgan fingerprint density at radius 2 is 1.66 bits per heavy atom. The third kappa shape index (κ3) is 4.78. The number of carbonyl (C=O) groups excluding carboxylic acids is 1. The van der Waals surface area contributed by atoms with E-state index in [4.69, 9.17) is 4.74 Å². The zero-order valence-electron chi connectivity index (χ0n) is 19.8. The smallest absolute Gasteiger partial charge is 0.264 e. The number of carbonyl (C=O) groups is 1. The monoisotopic (exact) mass is 490 g/mol. The van der Waals surface area contributed by atoms with Crippen LogP contribution in [0, 0.1) is 11.8 Å². The van der Waals surface area contributed by atoms with Gasteiger partial charge in [0.1, 0.15) is 5.75 Å². The number of rotatable bonds is 8. The van der Waals surface area contributed by atoms with Crippen LogP contribution < -0.4 is 14.4 Å². The zero-order valence-corrected chi connectivity index (χ0v) is 20.6. The molecule has 0 spiro atoms. The Morgan fingerprint density at radius 3 is 2.31 bits per heavy atom. The van der Waals surface area contributed by atoms with Crippen molar-refractivity contribution in [1.82, 2.24) is 5.32 Å². The Bertz CT molecular complexity index is 1290. The van der Waals surface area contributed by atoms with Crippen LogP contribution in [-0.4, -0.2) is 27.5 Å². The SMILES string of the molecule is COc1ccc(S(=O)(=O)N(Cc2ccccc2)c2ccccc2C(=O)N[C@H]2C[C@@H]3CC[C@H]2C3)cc1. The van der Waals surface area contributed by atoms with E-state index in [0.717, 1.165) is 18.4 Å². The fraction of sp³-hybridized carbons (Fsp3) is 0.321. The average Bonchev–Trinajstić information content (AvgIpc) is 3.51. The van der Waals surface area contributed by atoms with Crippen LogP contribution in [0.5, 0.6) is 5.75 Å². The number of hydrogen-bond donors (Lipinski definition) is 1. The van der Waals surface area contributed by atoms with Gasteiger partial charge in [-0.15, -0.1) is 0 Å². The number of hydrogen-bond acceptors (Lipinski definition) is 4. The van der Waals surface area contributed by atoms with Crippen LogP contribution in [0.15, 0.2) is 83.8 Å². The van der Waals surface area contributed by atoms with Gasteiger partial charge in [-0.05, 0) is 73.1 Å². The second-order valence-corrected chi connectivity index (χ2v) is 11.3. The molecule has 7 heteroatoms. The summed E-state index contributed by atoms with van der Waals surface area (Å²) in [4.78, 5) is 13.6. The summed E-state index contributed by atoms with van der Waals surface area (Å²) in [6.07, 6.45) is 4.59. The van der Waals surface area contributed by atoms with E-state index in [1.165, 1.54) is 36.4 Å². The summed E-state index contributed by atoms with van der Waals surface area (Å²) in [7, 11) is -2.43. The molecular weight excluding hydrogens is 460 g/mol. The summed E-state index contributed by atoms with van der Waals surface area (Å²) in [6, 6.07) is 22.9. The summed E-state index contributed by atoms with van der Waals surface area (Å²) in [5.74, 6) is 1.58. The molecule has 2 aliphatic rings. The third-order valence-electron chi connectivity index (χ3n) is 7.29. The van der Waals surface area contributed by atoms with Crippen LogP contribution in [-0.2, 0) is 16.6 Å². The first-order valence-electron chi connectivity index (χ1n) is 12.1. The van der Waals surface area contributed by atoms with Gasteiger partial charge in [0.2, 0.25) is 0 Å². The quantitative estimate of drug-likeness (QED) is 0.482. The molecule has 35 heavy (non-hydrogen) atoms. The van der Waals surface area contributed by atoms with E-state index in [1.807, 2.05) is 30.3 Å². The number of fused-ring (bicyclic) bond motifs is 2. The van der Waals surface area contributed by atoms with Crippen molar-refractivity contribution < 1.29 is 17.9 Å². The summed E-state index contributed by atoms with van der Waals surface area (Å²) < 4.78 is 34.4. The minimum Gasteiger partial charge on any atom is -0.497 e. The van der Waals surface area contributed by atoms with Crippen LogP contribution >= 0.6 is 0 Å². The van der Waals surface area contributed by atoms with Gasteiger partial charge in [0.15, 0.2) is 0 Å². The molecule has 2 aliphatic carbocycles. The molecule has 0 aliphatic heterocycles. The number of sulfonamides is 1. The third-order valence-corrected chi connectivity index (χ3v) is 9.06. The van der Waals surface area contributed by atoms with Crippen molar-refractivity contribution in [2.75, 3.05) is 11.4 Å². The molecule has 0 saturated heterocycles. The van der Waals surface area contributed by atoms with Gasteiger partial charge in [-0.3, -0.25) is 9.10 Å². The predicted molar refractivity (Wildman–Crippen MR) is 136 cm³/mol. The van der Waals surface area contributed by atoms with Crippen molar-refractivity contribution in [3.8, 4) is 5.75 Å². The first kappa shape index (κ1) is 23.4. The van der Waals surface area contributed by atoms with E-state index in [1.54, 1.807) is 36.4 Å². The number of methoxy groups -OCH3 is 1.